The number of aromatic nitrogens is 4. The maximum absolute atomic E-state index is 12.9. The Morgan fingerprint density at radius 1 is 1.17 bits per heavy atom. The standard InChI is InChI=1S/C17H21N5O/c23-17(14-6-8-18-9-7-14)22-10-2-1-3-15(22)16-20-19-12-21(16)11-13-4-5-13/h6-9,12-13,15H,1-5,10-11H2/t15-/m0/s1. The van der Waals surface area contributed by atoms with Crippen molar-refractivity contribution in [2.45, 2.75) is 44.7 Å². The lowest BCUT2D eigenvalue weighted by Crippen LogP contribution is -2.39. The maximum atomic E-state index is 12.9. The first-order valence-corrected chi connectivity index (χ1v) is 8.41. The Morgan fingerprint density at radius 2 is 2.00 bits per heavy atom. The second-order valence-corrected chi connectivity index (χ2v) is 6.53. The Morgan fingerprint density at radius 3 is 2.78 bits per heavy atom. The van der Waals surface area contributed by atoms with Crippen molar-refractivity contribution in [1.82, 2.24) is 24.6 Å². The molecule has 2 aromatic heterocycles. The van der Waals surface area contributed by atoms with E-state index in [9.17, 15) is 4.79 Å². The van der Waals surface area contributed by atoms with Gasteiger partial charge in [-0.1, -0.05) is 0 Å². The number of pyridine rings is 1. The smallest absolute Gasteiger partial charge is 0.254 e. The van der Waals surface area contributed by atoms with Crippen LogP contribution in [0.15, 0.2) is 30.9 Å². The van der Waals surface area contributed by atoms with Gasteiger partial charge in [0.15, 0.2) is 5.82 Å². The summed E-state index contributed by atoms with van der Waals surface area (Å²) in [5.41, 5.74) is 0.695. The van der Waals surface area contributed by atoms with Crippen LogP contribution in [-0.2, 0) is 6.54 Å². The number of hydrogen-bond acceptors (Lipinski definition) is 4. The van der Waals surface area contributed by atoms with Gasteiger partial charge in [-0.3, -0.25) is 9.78 Å². The molecular weight excluding hydrogens is 290 g/mol. The van der Waals surface area contributed by atoms with Gasteiger partial charge < -0.3 is 9.47 Å². The molecule has 120 valence electrons. The molecule has 1 saturated heterocycles. The van der Waals surface area contributed by atoms with Gasteiger partial charge in [0.2, 0.25) is 0 Å². The van der Waals surface area contributed by atoms with E-state index in [1.54, 1.807) is 24.5 Å². The molecule has 1 aliphatic heterocycles. The summed E-state index contributed by atoms with van der Waals surface area (Å²) in [4.78, 5) is 18.9. The lowest BCUT2D eigenvalue weighted by Gasteiger charge is -2.35. The predicted octanol–water partition coefficient (Wildman–Crippen LogP) is 2.45. The second kappa shape index (κ2) is 6.10. The van der Waals surface area contributed by atoms with Crippen LogP contribution in [0.1, 0.15) is 54.3 Å². The van der Waals surface area contributed by atoms with E-state index < -0.39 is 0 Å². The molecule has 1 saturated carbocycles. The third-order valence-electron chi connectivity index (χ3n) is 4.79. The molecule has 2 aliphatic rings. The largest absolute Gasteiger partial charge is 0.328 e. The first-order valence-electron chi connectivity index (χ1n) is 8.41. The van der Waals surface area contributed by atoms with Gasteiger partial charge in [0, 0.05) is 31.0 Å². The van der Waals surface area contributed by atoms with Crippen molar-refractivity contribution in [3.05, 3.63) is 42.2 Å². The fraction of sp³-hybridized carbons (Fsp3) is 0.529. The number of nitrogens with zero attached hydrogens (tertiary/aromatic N) is 5. The highest BCUT2D eigenvalue weighted by atomic mass is 16.2. The Hall–Kier alpha value is -2.24. The van der Waals surface area contributed by atoms with Crippen molar-refractivity contribution in [3.8, 4) is 0 Å². The lowest BCUT2D eigenvalue weighted by molar-refractivity contribution is 0.0594. The normalized spacial score (nSPS) is 21.4. The summed E-state index contributed by atoms with van der Waals surface area (Å²) >= 11 is 0. The average Bonchev–Trinajstić information content (AvgIpc) is 3.30. The fourth-order valence-corrected chi connectivity index (χ4v) is 3.34. The Kier molecular flexibility index (Phi) is 3.81. The van der Waals surface area contributed by atoms with Crippen LogP contribution in [0.3, 0.4) is 0 Å². The zero-order valence-electron chi connectivity index (χ0n) is 13.1. The van der Waals surface area contributed by atoms with Gasteiger partial charge in [0.1, 0.15) is 6.33 Å². The third kappa shape index (κ3) is 2.98. The van der Waals surface area contributed by atoms with E-state index in [1.807, 2.05) is 11.2 Å². The van der Waals surface area contributed by atoms with Crippen LogP contribution < -0.4 is 0 Å². The molecule has 0 aromatic carbocycles. The van der Waals surface area contributed by atoms with Crippen LogP contribution >= 0.6 is 0 Å². The van der Waals surface area contributed by atoms with E-state index in [0.29, 0.717) is 5.56 Å². The summed E-state index contributed by atoms with van der Waals surface area (Å²) in [7, 11) is 0. The maximum Gasteiger partial charge on any atom is 0.254 e. The molecule has 23 heavy (non-hydrogen) atoms. The van der Waals surface area contributed by atoms with Crippen molar-refractivity contribution >= 4 is 5.91 Å². The van der Waals surface area contributed by atoms with Gasteiger partial charge in [-0.15, -0.1) is 10.2 Å². The minimum Gasteiger partial charge on any atom is -0.328 e. The zero-order valence-corrected chi connectivity index (χ0v) is 13.1. The quantitative estimate of drug-likeness (QED) is 0.870. The van der Waals surface area contributed by atoms with Gasteiger partial charge in [0.25, 0.3) is 5.91 Å². The topological polar surface area (TPSA) is 63.9 Å². The average molecular weight is 311 g/mol. The van der Waals surface area contributed by atoms with Crippen LogP contribution in [0, 0.1) is 5.92 Å². The molecule has 0 unspecified atom stereocenters. The summed E-state index contributed by atoms with van der Waals surface area (Å²) < 4.78 is 2.15. The highest BCUT2D eigenvalue weighted by Gasteiger charge is 2.33. The molecule has 4 rings (SSSR count). The van der Waals surface area contributed by atoms with Crippen molar-refractivity contribution in [2.75, 3.05) is 6.54 Å². The second-order valence-electron chi connectivity index (χ2n) is 6.53. The van der Waals surface area contributed by atoms with E-state index in [0.717, 1.165) is 44.1 Å². The molecule has 1 atom stereocenters. The van der Waals surface area contributed by atoms with Gasteiger partial charge in [-0.05, 0) is 50.2 Å². The van der Waals surface area contributed by atoms with E-state index in [-0.39, 0.29) is 11.9 Å². The van der Waals surface area contributed by atoms with Gasteiger partial charge >= 0.3 is 0 Å². The minimum absolute atomic E-state index is 0.0330. The molecule has 2 fully saturated rings. The number of carbonyl (C=O) groups is 1. The van der Waals surface area contributed by atoms with Crippen LogP contribution in [0.25, 0.3) is 0 Å². The van der Waals surface area contributed by atoms with E-state index in [4.69, 9.17) is 0 Å². The highest BCUT2D eigenvalue weighted by Crippen LogP contribution is 2.34. The van der Waals surface area contributed by atoms with Gasteiger partial charge in [-0.2, -0.15) is 0 Å². The summed E-state index contributed by atoms with van der Waals surface area (Å²) in [5.74, 6) is 1.77. The fourth-order valence-electron chi connectivity index (χ4n) is 3.34. The molecule has 6 nitrogen and oxygen atoms in total. The minimum atomic E-state index is 0.0330. The first kappa shape index (κ1) is 14.4. The summed E-state index contributed by atoms with van der Waals surface area (Å²) in [5, 5.41) is 8.46. The first-order chi connectivity index (χ1) is 11.3. The molecule has 6 heteroatoms. The van der Waals surface area contributed by atoms with Crippen molar-refractivity contribution in [1.29, 1.82) is 0 Å². The molecule has 0 radical (unpaired) electrons. The summed E-state index contributed by atoms with van der Waals surface area (Å²) in [6, 6.07) is 3.59. The molecule has 0 spiro atoms. The van der Waals surface area contributed by atoms with Crippen molar-refractivity contribution in [3.63, 3.8) is 0 Å². The number of likely N-dealkylation sites (tertiary alicyclic amines) is 1. The molecule has 3 heterocycles. The van der Waals surface area contributed by atoms with Crippen molar-refractivity contribution in [2.24, 2.45) is 5.92 Å². The number of piperidine rings is 1. The molecule has 1 aliphatic carbocycles. The number of hydrogen-bond donors (Lipinski definition) is 0. The number of carbonyl (C=O) groups excluding carboxylic acids is 1. The molecule has 1 amide bonds. The zero-order chi connectivity index (χ0) is 15.6. The molecule has 2 aromatic rings. The third-order valence-corrected chi connectivity index (χ3v) is 4.79. The van der Waals surface area contributed by atoms with E-state index in [2.05, 4.69) is 19.7 Å². The van der Waals surface area contributed by atoms with Gasteiger partial charge in [-0.25, -0.2) is 0 Å². The molecular formula is C17H21N5O. The lowest BCUT2D eigenvalue weighted by atomic mass is 10.00. The monoisotopic (exact) mass is 311 g/mol. The molecule has 0 bridgehead atoms. The van der Waals surface area contributed by atoms with Crippen LogP contribution in [0.4, 0.5) is 0 Å². The van der Waals surface area contributed by atoms with Crippen LogP contribution in [0.5, 0.6) is 0 Å². The van der Waals surface area contributed by atoms with Gasteiger partial charge in [0.05, 0.1) is 6.04 Å². The summed E-state index contributed by atoms with van der Waals surface area (Å²) in [6.45, 7) is 1.76. The Labute approximate surface area is 135 Å². The SMILES string of the molecule is O=C(c1ccncc1)N1CCCC[C@H]1c1nncn1CC1CC1. The van der Waals surface area contributed by atoms with Crippen LogP contribution in [0.2, 0.25) is 0 Å². The van der Waals surface area contributed by atoms with Crippen molar-refractivity contribution < 1.29 is 4.79 Å². The Bertz CT molecular complexity index is 679. The van der Waals surface area contributed by atoms with E-state index >= 15 is 0 Å². The van der Waals surface area contributed by atoms with Crippen LogP contribution in [-0.4, -0.2) is 37.1 Å². The number of amides is 1. The number of rotatable bonds is 4. The Balaban J connectivity index is 1.60. The predicted molar refractivity (Wildman–Crippen MR) is 84.6 cm³/mol. The summed E-state index contributed by atoms with van der Waals surface area (Å²) in [6.07, 6.45) is 10.9. The highest BCUT2D eigenvalue weighted by molar-refractivity contribution is 5.94. The molecule has 0 N–H and O–H groups in total. The van der Waals surface area contributed by atoms with E-state index in [1.165, 1.54) is 12.8 Å².